The van der Waals surface area contributed by atoms with Crippen molar-refractivity contribution in [2.75, 3.05) is 0 Å². The summed E-state index contributed by atoms with van der Waals surface area (Å²) in [6.07, 6.45) is 2.03. The number of carbonyl (C=O) groups is 1. The molecule has 8 heteroatoms. The molecule has 0 spiro atoms. The van der Waals surface area contributed by atoms with Crippen LogP contribution in [0.5, 0.6) is 0 Å². The van der Waals surface area contributed by atoms with Gasteiger partial charge in [-0.2, -0.15) is 0 Å². The van der Waals surface area contributed by atoms with E-state index in [1.807, 2.05) is 55.5 Å². The van der Waals surface area contributed by atoms with Crippen molar-refractivity contribution in [3.63, 3.8) is 0 Å². The molecular weight excluding hydrogens is 370 g/mol. The second-order valence-electron chi connectivity index (χ2n) is 6.61. The molecule has 8 nitrogen and oxygen atoms in total. The Bertz CT molecular complexity index is 1120. The van der Waals surface area contributed by atoms with Gasteiger partial charge in [0.05, 0.1) is 5.69 Å². The maximum atomic E-state index is 11.2. The maximum Gasteiger partial charge on any atom is 0.392 e. The number of hydrogen-bond donors (Lipinski definition) is 2. The molecule has 0 unspecified atom stereocenters. The van der Waals surface area contributed by atoms with Crippen molar-refractivity contribution in [2.24, 2.45) is 0 Å². The summed E-state index contributed by atoms with van der Waals surface area (Å²) in [5.74, 6) is -0.160. The van der Waals surface area contributed by atoms with E-state index >= 15 is 0 Å². The summed E-state index contributed by atoms with van der Waals surface area (Å²) in [6.45, 7) is 2.02. The number of carboxylic acid groups (broad SMARTS) is 1. The fraction of sp³-hybridized carbons (Fsp3) is 0.190. The molecule has 0 fully saturated rings. The summed E-state index contributed by atoms with van der Waals surface area (Å²) in [6, 6.07) is 16.0. The molecule has 0 saturated heterocycles. The second-order valence-corrected chi connectivity index (χ2v) is 6.61. The Hall–Kier alpha value is -3.81. The highest BCUT2D eigenvalue weighted by Crippen LogP contribution is 2.30. The number of oxazole rings is 1. The van der Waals surface area contributed by atoms with E-state index in [-0.39, 0.29) is 5.89 Å². The van der Waals surface area contributed by atoms with Gasteiger partial charge in [0.2, 0.25) is 0 Å². The molecule has 2 heterocycles. The lowest BCUT2D eigenvalue weighted by Gasteiger charge is -2.08. The Morgan fingerprint density at radius 3 is 2.52 bits per heavy atom. The molecule has 2 aromatic carbocycles. The number of nitrogens with zero attached hydrogens (tertiary/aromatic N) is 4. The summed E-state index contributed by atoms with van der Waals surface area (Å²) in [7, 11) is 0. The zero-order valence-corrected chi connectivity index (χ0v) is 15.8. The van der Waals surface area contributed by atoms with Crippen molar-refractivity contribution in [3.05, 3.63) is 71.4 Å². The van der Waals surface area contributed by atoms with Gasteiger partial charge in [0.25, 0.3) is 0 Å². The summed E-state index contributed by atoms with van der Waals surface area (Å²) in [4.78, 5) is 15.3. The lowest BCUT2D eigenvalue weighted by Crippen LogP contribution is -1.97. The molecule has 4 aromatic rings. The third-order valence-electron chi connectivity index (χ3n) is 4.60. The SMILES string of the molecule is CCCc1oc(C(=O)O)nc1Cc1ccc(-c2ccccc2-c2nnn[nH]2)cc1. The van der Waals surface area contributed by atoms with Crippen LogP contribution in [0.4, 0.5) is 0 Å². The van der Waals surface area contributed by atoms with Gasteiger partial charge in [0.15, 0.2) is 5.82 Å². The van der Waals surface area contributed by atoms with Gasteiger partial charge < -0.3 is 9.52 Å². The average Bonchev–Trinajstić information content (AvgIpc) is 3.40. The molecule has 29 heavy (non-hydrogen) atoms. The molecule has 0 amide bonds. The van der Waals surface area contributed by atoms with Crippen molar-refractivity contribution < 1.29 is 14.3 Å². The fourth-order valence-electron chi connectivity index (χ4n) is 3.25. The third kappa shape index (κ3) is 3.91. The van der Waals surface area contributed by atoms with Crippen molar-refractivity contribution in [1.29, 1.82) is 0 Å². The van der Waals surface area contributed by atoms with Gasteiger partial charge in [-0.1, -0.05) is 55.5 Å². The van der Waals surface area contributed by atoms with Crippen molar-refractivity contribution in [3.8, 4) is 22.5 Å². The number of tetrazole rings is 1. The van der Waals surface area contributed by atoms with Crippen LogP contribution in [-0.2, 0) is 12.8 Å². The van der Waals surface area contributed by atoms with Crippen LogP contribution in [0, 0.1) is 0 Å². The van der Waals surface area contributed by atoms with Crippen LogP contribution >= 0.6 is 0 Å². The average molecular weight is 389 g/mol. The number of aromatic amines is 1. The molecule has 146 valence electrons. The van der Waals surface area contributed by atoms with E-state index < -0.39 is 5.97 Å². The number of carboxylic acids is 1. The monoisotopic (exact) mass is 389 g/mol. The van der Waals surface area contributed by atoms with Crippen LogP contribution in [0.25, 0.3) is 22.5 Å². The standard InChI is InChI=1S/C21H19N5O3/c1-2-5-18-17(22-20(29-18)21(27)28)12-13-8-10-14(11-9-13)15-6-3-4-7-16(15)19-23-25-26-24-19/h3-4,6-11H,2,5,12H2,1H3,(H,27,28)(H,23,24,25,26). The third-order valence-corrected chi connectivity index (χ3v) is 4.60. The van der Waals surface area contributed by atoms with Crippen LogP contribution in [0.2, 0.25) is 0 Å². The Kier molecular flexibility index (Phi) is 5.15. The first-order valence-corrected chi connectivity index (χ1v) is 9.30. The minimum atomic E-state index is -1.15. The Morgan fingerprint density at radius 2 is 1.86 bits per heavy atom. The highest BCUT2D eigenvalue weighted by atomic mass is 16.4. The molecule has 0 aliphatic heterocycles. The van der Waals surface area contributed by atoms with Gasteiger partial charge >= 0.3 is 11.9 Å². The van der Waals surface area contributed by atoms with E-state index in [0.29, 0.717) is 30.1 Å². The van der Waals surface area contributed by atoms with E-state index in [4.69, 9.17) is 9.52 Å². The van der Waals surface area contributed by atoms with Gasteiger partial charge in [0.1, 0.15) is 5.76 Å². The number of hydrogen-bond acceptors (Lipinski definition) is 6. The molecule has 0 atom stereocenters. The molecule has 0 aliphatic rings. The molecule has 2 N–H and O–H groups in total. The summed E-state index contributed by atoms with van der Waals surface area (Å²) in [5.41, 5.74) is 4.65. The largest absolute Gasteiger partial charge is 0.474 e. The van der Waals surface area contributed by atoms with Gasteiger partial charge in [-0.15, -0.1) is 5.10 Å². The van der Waals surface area contributed by atoms with Gasteiger partial charge in [-0.25, -0.2) is 14.9 Å². The highest BCUT2D eigenvalue weighted by Gasteiger charge is 2.18. The maximum absolute atomic E-state index is 11.2. The lowest BCUT2D eigenvalue weighted by molar-refractivity contribution is 0.0651. The number of nitrogens with one attached hydrogen (secondary N) is 1. The van der Waals surface area contributed by atoms with Crippen molar-refractivity contribution in [2.45, 2.75) is 26.2 Å². The summed E-state index contributed by atoms with van der Waals surface area (Å²) >= 11 is 0. The highest BCUT2D eigenvalue weighted by molar-refractivity contribution is 5.82. The molecule has 2 aromatic heterocycles. The van der Waals surface area contributed by atoms with E-state index in [9.17, 15) is 4.79 Å². The number of aromatic carboxylic acids is 1. The summed E-state index contributed by atoms with van der Waals surface area (Å²) < 4.78 is 5.41. The lowest BCUT2D eigenvalue weighted by atomic mass is 9.97. The summed E-state index contributed by atoms with van der Waals surface area (Å²) in [5, 5.41) is 23.3. The molecule has 0 saturated carbocycles. The van der Waals surface area contributed by atoms with Crippen LogP contribution in [0.15, 0.2) is 52.9 Å². The topological polar surface area (TPSA) is 118 Å². The quantitative estimate of drug-likeness (QED) is 0.494. The van der Waals surface area contributed by atoms with Crippen LogP contribution in [0.1, 0.15) is 41.0 Å². The van der Waals surface area contributed by atoms with E-state index in [2.05, 4.69) is 25.6 Å². The van der Waals surface area contributed by atoms with E-state index in [1.54, 1.807) is 0 Å². The first kappa shape index (κ1) is 18.5. The zero-order chi connectivity index (χ0) is 20.2. The van der Waals surface area contributed by atoms with Crippen LogP contribution in [-0.4, -0.2) is 36.7 Å². The second kappa shape index (κ2) is 8.05. The number of aromatic nitrogens is 5. The first-order chi connectivity index (χ1) is 14.2. The normalized spacial score (nSPS) is 10.9. The smallest absolute Gasteiger partial charge is 0.392 e. The number of H-pyrrole nitrogens is 1. The van der Waals surface area contributed by atoms with Gasteiger partial charge in [-0.3, -0.25) is 0 Å². The molecular formula is C21H19N5O3. The molecule has 0 aliphatic carbocycles. The van der Waals surface area contributed by atoms with E-state index in [0.717, 1.165) is 28.7 Å². The number of benzene rings is 2. The van der Waals surface area contributed by atoms with Crippen molar-refractivity contribution in [1.82, 2.24) is 25.6 Å². The molecule has 4 rings (SSSR count). The zero-order valence-electron chi connectivity index (χ0n) is 15.8. The Morgan fingerprint density at radius 1 is 1.10 bits per heavy atom. The van der Waals surface area contributed by atoms with E-state index in [1.165, 1.54) is 0 Å². The fourth-order valence-corrected chi connectivity index (χ4v) is 3.25. The van der Waals surface area contributed by atoms with Crippen LogP contribution < -0.4 is 0 Å². The Labute approximate surface area is 166 Å². The van der Waals surface area contributed by atoms with Gasteiger partial charge in [0, 0.05) is 18.4 Å². The number of rotatable bonds is 7. The number of aryl methyl sites for hydroxylation is 1. The molecule has 0 bridgehead atoms. The van der Waals surface area contributed by atoms with Crippen LogP contribution in [0.3, 0.4) is 0 Å². The predicted molar refractivity (Wildman–Crippen MR) is 105 cm³/mol. The predicted octanol–water partition coefficient (Wildman–Crippen LogP) is 3.76. The van der Waals surface area contributed by atoms with Gasteiger partial charge in [-0.05, 0) is 33.5 Å². The molecule has 0 radical (unpaired) electrons. The first-order valence-electron chi connectivity index (χ1n) is 9.30. The Balaban J connectivity index is 1.61. The minimum Gasteiger partial charge on any atom is -0.474 e. The van der Waals surface area contributed by atoms with Crippen molar-refractivity contribution >= 4 is 5.97 Å². The minimum absolute atomic E-state index is 0.255.